The molecule has 0 fully saturated rings. The van der Waals surface area contributed by atoms with Gasteiger partial charge in [-0.15, -0.1) is 10.2 Å². The van der Waals surface area contributed by atoms with Crippen molar-refractivity contribution in [2.45, 2.75) is 31.3 Å². The van der Waals surface area contributed by atoms with Gasteiger partial charge in [-0.2, -0.15) is 0 Å². The molecule has 0 aliphatic rings. The lowest BCUT2D eigenvalue weighted by Crippen LogP contribution is -2.04. The van der Waals surface area contributed by atoms with Gasteiger partial charge in [0.05, 0.1) is 6.54 Å². The van der Waals surface area contributed by atoms with Crippen molar-refractivity contribution >= 4 is 22.7 Å². The summed E-state index contributed by atoms with van der Waals surface area (Å²) >= 11 is 1.58. The maximum absolute atomic E-state index is 11.9. The van der Waals surface area contributed by atoms with E-state index in [1.165, 1.54) is 5.56 Å². The second kappa shape index (κ2) is 7.40. The van der Waals surface area contributed by atoms with Crippen LogP contribution in [0.4, 0.5) is 0 Å². The van der Waals surface area contributed by atoms with Crippen molar-refractivity contribution in [1.82, 2.24) is 14.8 Å². The lowest BCUT2D eigenvalue weighted by molar-refractivity contribution is 0.559. The topological polar surface area (TPSA) is 60.9 Å². The molecule has 0 saturated heterocycles. The minimum Gasteiger partial charge on any atom is -0.423 e. The first-order valence-electron chi connectivity index (χ1n) is 8.70. The van der Waals surface area contributed by atoms with Gasteiger partial charge in [0.15, 0.2) is 5.16 Å². The molecule has 0 bridgehead atoms. The third-order valence-electron chi connectivity index (χ3n) is 4.43. The Bertz CT molecular complexity index is 1150. The Morgan fingerprint density at radius 1 is 1.04 bits per heavy atom. The van der Waals surface area contributed by atoms with Crippen molar-refractivity contribution in [2.24, 2.45) is 0 Å². The first kappa shape index (κ1) is 17.5. The highest BCUT2D eigenvalue weighted by Gasteiger charge is 2.12. The molecule has 0 saturated carbocycles. The van der Waals surface area contributed by atoms with Gasteiger partial charge in [-0.3, -0.25) is 0 Å². The van der Waals surface area contributed by atoms with E-state index < -0.39 is 0 Å². The van der Waals surface area contributed by atoms with Crippen LogP contribution in [0.1, 0.15) is 22.5 Å². The molecule has 0 radical (unpaired) electrons. The quantitative estimate of drug-likeness (QED) is 0.382. The fourth-order valence-electron chi connectivity index (χ4n) is 3.02. The average molecular weight is 377 g/mol. The second-order valence-corrected chi connectivity index (χ2v) is 7.42. The van der Waals surface area contributed by atoms with Gasteiger partial charge in [0.2, 0.25) is 0 Å². The van der Waals surface area contributed by atoms with E-state index in [1.54, 1.807) is 17.8 Å². The molecule has 0 amide bonds. The van der Waals surface area contributed by atoms with Gasteiger partial charge in [0.1, 0.15) is 11.4 Å². The summed E-state index contributed by atoms with van der Waals surface area (Å²) in [4.78, 5) is 11.9. The smallest absolute Gasteiger partial charge is 0.336 e. The van der Waals surface area contributed by atoms with Gasteiger partial charge in [0.25, 0.3) is 0 Å². The Morgan fingerprint density at radius 3 is 2.67 bits per heavy atom. The summed E-state index contributed by atoms with van der Waals surface area (Å²) in [7, 11) is 0. The molecule has 4 rings (SSSR count). The number of nitrogens with zero attached hydrogens (tertiary/aromatic N) is 3. The highest BCUT2D eigenvalue weighted by molar-refractivity contribution is 7.98. The maximum atomic E-state index is 11.9. The van der Waals surface area contributed by atoms with E-state index in [0.29, 0.717) is 11.3 Å². The van der Waals surface area contributed by atoms with Crippen LogP contribution in [-0.2, 0) is 12.3 Å². The predicted octanol–water partition coefficient (Wildman–Crippen LogP) is 4.34. The summed E-state index contributed by atoms with van der Waals surface area (Å²) in [6, 6.07) is 17.7. The van der Waals surface area contributed by atoms with Gasteiger partial charge in [-0.05, 0) is 36.6 Å². The highest BCUT2D eigenvalue weighted by atomic mass is 32.2. The van der Waals surface area contributed by atoms with Gasteiger partial charge in [-0.1, -0.05) is 54.2 Å². The fraction of sp³-hybridized carbons (Fsp3) is 0.190. The minimum atomic E-state index is -0.328. The third kappa shape index (κ3) is 3.80. The van der Waals surface area contributed by atoms with Crippen LogP contribution in [-0.4, -0.2) is 14.8 Å². The van der Waals surface area contributed by atoms with E-state index in [4.69, 9.17) is 4.42 Å². The van der Waals surface area contributed by atoms with E-state index in [0.717, 1.165) is 34.0 Å². The van der Waals surface area contributed by atoms with Crippen molar-refractivity contribution in [3.8, 4) is 0 Å². The number of hydrogen-bond acceptors (Lipinski definition) is 5. The Hall–Kier alpha value is -2.86. The molecule has 27 heavy (non-hydrogen) atoms. The van der Waals surface area contributed by atoms with E-state index >= 15 is 0 Å². The summed E-state index contributed by atoms with van der Waals surface area (Å²) < 4.78 is 7.44. The Balaban J connectivity index is 1.62. The van der Waals surface area contributed by atoms with Crippen molar-refractivity contribution < 1.29 is 4.42 Å². The number of rotatable bonds is 5. The molecule has 136 valence electrons. The molecule has 0 N–H and O–H groups in total. The molecule has 6 heteroatoms. The van der Waals surface area contributed by atoms with Crippen LogP contribution in [0.2, 0.25) is 0 Å². The van der Waals surface area contributed by atoms with Crippen molar-refractivity contribution in [3.05, 3.63) is 87.5 Å². The van der Waals surface area contributed by atoms with E-state index in [-0.39, 0.29) is 5.63 Å². The fourth-order valence-corrected chi connectivity index (χ4v) is 3.99. The molecule has 5 nitrogen and oxygen atoms in total. The lowest BCUT2D eigenvalue weighted by atomic mass is 10.1. The van der Waals surface area contributed by atoms with Crippen LogP contribution < -0.4 is 5.63 Å². The number of thioether (sulfide) groups is 1. The summed E-state index contributed by atoms with van der Waals surface area (Å²) in [5, 5.41) is 10.3. The first-order chi connectivity index (χ1) is 13.1. The molecular formula is C21H19N3O2S. The second-order valence-electron chi connectivity index (χ2n) is 6.48. The zero-order chi connectivity index (χ0) is 18.8. The van der Waals surface area contributed by atoms with Gasteiger partial charge in [-0.25, -0.2) is 4.79 Å². The van der Waals surface area contributed by atoms with E-state index in [2.05, 4.69) is 26.9 Å². The van der Waals surface area contributed by atoms with Crippen LogP contribution in [0.25, 0.3) is 11.0 Å². The summed E-state index contributed by atoms with van der Waals surface area (Å²) in [6.45, 7) is 4.66. The molecule has 0 aliphatic carbocycles. The monoisotopic (exact) mass is 377 g/mol. The summed E-state index contributed by atoms with van der Waals surface area (Å²) in [5.41, 5.74) is 3.50. The third-order valence-corrected chi connectivity index (χ3v) is 5.44. The highest BCUT2D eigenvalue weighted by Crippen LogP contribution is 2.27. The Labute approximate surface area is 161 Å². The SMILES string of the molecule is Cc1ccc2c(CSc3nnc(C)n3Cc3ccccc3)cc(=O)oc2c1. The summed E-state index contributed by atoms with van der Waals surface area (Å²) in [6.07, 6.45) is 0. The zero-order valence-electron chi connectivity index (χ0n) is 15.2. The minimum absolute atomic E-state index is 0.328. The normalized spacial score (nSPS) is 11.2. The van der Waals surface area contributed by atoms with Crippen LogP contribution in [0.3, 0.4) is 0 Å². The predicted molar refractivity (Wildman–Crippen MR) is 107 cm³/mol. The van der Waals surface area contributed by atoms with E-state index in [1.807, 2.05) is 50.2 Å². The molecule has 4 aromatic rings. The number of hydrogen-bond donors (Lipinski definition) is 0. The molecule has 0 spiro atoms. The van der Waals surface area contributed by atoms with Gasteiger partial charge < -0.3 is 8.98 Å². The van der Waals surface area contributed by atoms with E-state index in [9.17, 15) is 4.79 Å². The summed E-state index contributed by atoms with van der Waals surface area (Å²) in [5.74, 6) is 1.49. The molecule has 2 aromatic carbocycles. The van der Waals surface area contributed by atoms with Crippen molar-refractivity contribution in [3.63, 3.8) is 0 Å². The number of benzene rings is 2. The molecule has 0 unspecified atom stereocenters. The molecule has 0 atom stereocenters. The Morgan fingerprint density at radius 2 is 1.85 bits per heavy atom. The maximum Gasteiger partial charge on any atom is 0.336 e. The first-order valence-corrected chi connectivity index (χ1v) is 9.68. The largest absolute Gasteiger partial charge is 0.423 e. The lowest BCUT2D eigenvalue weighted by Gasteiger charge is -2.09. The molecular weight excluding hydrogens is 358 g/mol. The number of aromatic nitrogens is 3. The molecule has 2 aromatic heterocycles. The number of aryl methyl sites for hydroxylation is 2. The zero-order valence-corrected chi connectivity index (χ0v) is 16.0. The van der Waals surface area contributed by atoms with Crippen LogP contribution >= 0.6 is 11.8 Å². The number of fused-ring (bicyclic) bond motifs is 1. The Kier molecular flexibility index (Phi) is 4.81. The molecule has 2 heterocycles. The van der Waals surface area contributed by atoms with Crippen LogP contribution in [0.15, 0.2) is 69.0 Å². The van der Waals surface area contributed by atoms with Crippen molar-refractivity contribution in [2.75, 3.05) is 0 Å². The van der Waals surface area contributed by atoms with Gasteiger partial charge in [0, 0.05) is 17.2 Å². The standard InChI is InChI=1S/C21H19N3O2S/c1-14-8-9-18-17(11-20(25)26-19(18)10-14)13-27-21-23-22-15(2)24(21)12-16-6-4-3-5-7-16/h3-11H,12-13H2,1-2H3. The molecule has 0 aliphatic heterocycles. The van der Waals surface area contributed by atoms with Gasteiger partial charge >= 0.3 is 5.63 Å². The van der Waals surface area contributed by atoms with Crippen LogP contribution in [0, 0.1) is 13.8 Å². The van der Waals surface area contributed by atoms with Crippen molar-refractivity contribution in [1.29, 1.82) is 0 Å². The average Bonchev–Trinajstić information content (AvgIpc) is 3.00. The van der Waals surface area contributed by atoms with Crippen LogP contribution in [0.5, 0.6) is 0 Å².